The molecule has 0 spiro atoms. The van der Waals surface area contributed by atoms with Crippen molar-refractivity contribution in [3.8, 4) is 5.75 Å². The zero-order valence-electron chi connectivity index (χ0n) is 12.8. The highest BCUT2D eigenvalue weighted by molar-refractivity contribution is 5.92. The Bertz CT molecular complexity index is 729. The second-order valence-corrected chi connectivity index (χ2v) is 4.98. The fourth-order valence-corrected chi connectivity index (χ4v) is 2.07. The van der Waals surface area contributed by atoms with Gasteiger partial charge in [0.2, 0.25) is 5.91 Å². The fraction of sp³-hybridized carbons (Fsp3) is 0.167. The van der Waals surface area contributed by atoms with E-state index in [1.165, 1.54) is 37.5 Å². The lowest BCUT2D eigenvalue weighted by Crippen LogP contribution is -2.24. The minimum absolute atomic E-state index is 0.145. The van der Waals surface area contributed by atoms with Gasteiger partial charge in [-0.05, 0) is 36.8 Å². The average molecular weight is 317 g/mol. The van der Waals surface area contributed by atoms with Crippen LogP contribution in [-0.2, 0) is 4.79 Å². The third-order valence-corrected chi connectivity index (χ3v) is 3.35. The third-order valence-electron chi connectivity index (χ3n) is 3.35. The lowest BCUT2D eigenvalue weighted by Gasteiger charge is -2.14. The Morgan fingerprint density at radius 3 is 2.57 bits per heavy atom. The molecule has 0 heterocycles. The normalized spacial score (nSPS) is 12.2. The number of benzene rings is 2. The molecule has 0 unspecified atom stereocenters. The van der Waals surface area contributed by atoms with Gasteiger partial charge in [-0.3, -0.25) is 4.79 Å². The number of hydrogen-bond donors (Lipinski definition) is 1. The molecule has 0 bridgehead atoms. The number of carbonyl (C=O) groups excluding carboxylic acids is 1. The zero-order chi connectivity index (χ0) is 16.8. The third kappa shape index (κ3) is 4.39. The number of carbonyl (C=O) groups is 1. The molecule has 2 aromatic rings. The molecule has 1 N–H and O–H groups in total. The number of rotatable bonds is 5. The number of methoxy groups -OCH3 is 1. The Morgan fingerprint density at radius 2 is 1.91 bits per heavy atom. The van der Waals surface area contributed by atoms with Crippen molar-refractivity contribution in [2.75, 3.05) is 7.11 Å². The monoisotopic (exact) mass is 317 g/mol. The summed E-state index contributed by atoms with van der Waals surface area (Å²) in [5, 5.41) is 2.69. The van der Waals surface area contributed by atoms with E-state index in [0.717, 1.165) is 0 Å². The Kier molecular flexibility index (Phi) is 5.46. The van der Waals surface area contributed by atoms with Gasteiger partial charge in [0.05, 0.1) is 13.2 Å². The summed E-state index contributed by atoms with van der Waals surface area (Å²) in [6.45, 7) is 1.73. The van der Waals surface area contributed by atoms with E-state index in [0.29, 0.717) is 11.1 Å². The fourth-order valence-electron chi connectivity index (χ4n) is 2.07. The van der Waals surface area contributed by atoms with Gasteiger partial charge in [-0.15, -0.1) is 0 Å². The molecular formula is C18H17F2NO2. The molecule has 0 aliphatic rings. The van der Waals surface area contributed by atoms with Crippen LogP contribution in [0, 0.1) is 11.6 Å². The minimum atomic E-state index is -0.493. The summed E-state index contributed by atoms with van der Waals surface area (Å²) >= 11 is 0. The highest BCUT2D eigenvalue weighted by atomic mass is 19.1. The van der Waals surface area contributed by atoms with Crippen molar-refractivity contribution < 1.29 is 18.3 Å². The number of amides is 1. The van der Waals surface area contributed by atoms with Crippen LogP contribution < -0.4 is 10.1 Å². The number of hydrogen-bond acceptors (Lipinski definition) is 2. The minimum Gasteiger partial charge on any atom is -0.494 e. The summed E-state index contributed by atoms with van der Waals surface area (Å²) in [5.74, 6) is -1.14. The topological polar surface area (TPSA) is 38.3 Å². The predicted octanol–water partition coefficient (Wildman–Crippen LogP) is 3.86. The van der Waals surface area contributed by atoms with Crippen LogP contribution in [0.15, 0.2) is 48.5 Å². The molecule has 23 heavy (non-hydrogen) atoms. The van der Waals surface area contributed by atoms with Crippen molar-refractivity contribution in [3.63, 3.8) is 0 Å². The quantitative estimate of drug-likeness (QED) is 0.850. The van der Waals surface area contributed by atoms with Gasteiger partial charge in [-0.2, -0.15) is 0 Å². The molecule has 2 aromatic carbocycles. The molecule has 0 saturated heterocycles. The second kappa shape index (κ2) is 7.54. The molecule has 0 radical (unpaired) electrons. The van der Waals surface area contributed by atoms with E-state index < -0.39 is 23.6 Å². The first-order valence-corrected chi connectivity index (χ1v) is 7.08. The van der Waals surface area contributed by atoms with E-state index in [-0.39, 0.29) is 5.75 Å². The summed E-state index contributed by atoms with van der Waals surface area (Å²) in [6, 6.07) is 10.2. The van der Waals surface area contributed by atoms with Crippen LogP contribution in [0.4, 0.5) is 8.78 Å². The molecule has 120 valence electrons. The van der Waals surface area contributed by atoms with Crippen LogP contribution in [-0.4, -0.2) is 13.0 Å². The van der Waals surface area contributed by atoms with E-state index in [4.69, 9.17) is 4.74 Å². The van der Waals surface area contributed by atoms with Crippen LogP contribution in [0.1, 0.15) is 24.1 Å². The number of ether oxygens (including phenoxy) is 1. The van der Waals surface area contributed by atoms with E-state index in [1.54, 1.807) is 31.2 Å². The lowest BCUT2D eigenvalue weighted by atomic mass is 10.1. The highest BCUT2D eigenvalue weighted by Gasteiger charge is 2.11. The smallest absolute Gasteiger partial charge is 0.244 e. The van der Waals surface area contributed by atoms with Crippen molar-refractivity contribution in [2.45, 2.75) is 13.0 Å². The van der Waals surface area contributed by atoms with Crippen LogP contribution in [0.25, 0.3) is 6.08 Å². The molecule has 1 atom stereocenters. The molecule has 0 fully saturated rings. The van der Waals surface area contributed by atoms with Crippen molar-refractivity contribution in [3.05, 3.63) is 71.3 Å². The van der Waals surface area contributed by atoms with Crippen molar-refractivity contribution >= 4 is 12.0 Å². The summed E-state index contributed by atoms with van der Waals surface area (Å²) in [6.07, 6.45) is 2.64. The van der Waals surface area contributed by atoms with E-state index in [9.17, 15) is 13.6 Å². The Labute approximate surface area is 133 Å². The first-order chi connectivity index (χ1) is 11.0. The summed E-state index contributed by atoms with van der Waals surface area (Å²) in [5.41, 5.74) is 0.932. The maximum atomic E-state index is 13.7. The summed E-state index contributed by atoms with van der Waals surface area (Å²) in [4.78, 5) is 11.9. The molecule has 2 rings (SSSR count). The predicted molar refractivity (Wildman–Crippen MR) is 84.9 cm³/mol. The van der Waals surface area contributed by atoms with Crippen LogP contribution in [0.2, 0.25) is 0 Å². The van der Waals surface area contributed by atoms with Crippen LogP contribution in [0.5, 0.6) is 5.75 Å². The van der Waals surface area contributed by atoms with Gasteiger partial charge in [0, 0.05) is 11.6 Å². The maximum absolute atomic E-state index is 13.7. The Morgan fingerprint density at radius 1 is 1.17 bits per heavy atom. The molecule has 0 aliphatic carbocycles. The van der Waals surface area contributed by atoms with Gasteiger partial charge in [-0.25, -0.2) is 8.78 Å². The first kappa shape index (κ1) is 16.7. The van der Waals surface area contributed by atoms with Crippen molar-refractivity contribution in [2.24, 2.45) is 0 Å². The molecule has 5 heteroatoms. The van der Waals surface area contributed by atoms with E-state index in [2.05, 4.69) is 5.32 Å². The molecule has 1 amide bonds. The van der Waals surface area contributed by atoms with E-state index in [1.807, 2.05) is 0 Å². The van der Waals surface area contributed by atoms with Gasteiger partial charge in [0.15, 0.2) is 11.6 Å². The Hall–Kier alpha value is -2.69. The average Bonchev–Trinajstić information content (AvgIpc) is 2.54. The summed E-state index contributed by atoms with van der Waals surface area (Å²) in [7, 11) is 1.39. The van der Waals surface area contributed by atoms with Gasteiger partial charge in [-0.1, -0.05) is 24.3 Å². The molecular weight excluding hydrogens is 300 g/mol. The second-order valence-electron chi connectivity index (χ2n) is 4.98. The Balaban J connectivity index is 2.02. The van der Waals surface area contributed by atoms with Crippen LogP contribution >= 0.6 is 0 Å². The highest BCUT2D eigenvalue weighted by Crippen LogP contribution is 2.21. The number of nitrogens with one attached hydrogen (secondary N) is 1. The standard InChI is InChI=1S/C18H17F2NO2/c1-12(14-7-9-17(23-2)16(20)11-14)21-18(22)10-8-13-5-3-4-6-15(13)19/h3-12H,1-2H3,(H,21,22)/b10-8+/t12-/m1/s1. The first-order valence-electron chi connectivity index (χ1n) is 7.08. The van der Waals surface area contributed by atoms with Crippen LogP contribution in [0.3, 0.4) is 0 Å². The number of halogens is 2. The molecule has 0 aliphatic heterocycles. The van der Waals surface area contributed by atoms with Crippen molar-refractivity contribution in [1.29, 1.82) is 0 Å². The summed E-state index contributed by atoms with van der Waals surface area (Å²) < 4.78 is 32.0. The molecule has 3 nitrogen and oxygen atoms in total. The lowest BCUT2D eigenvalue weighted by molar-refractivity contribution is -0.117. The maximum Gasteiger partial charge on any atom is 0.244 e. The van der Waals surface area contributed by atoms with E-state index >= 15 is 0 Å². The largest absolute Gasteiger partial charge is 0.494 e. The van der Waals surface area contributed by atoms with Gasteiger partial charge in [0.25, 0.3) is 0 Å². The molecule has 0 saturated carbocycles. The van der Waals surface area contributed by atoms with Gasteiger partial charge < -0.3 is 10.1 Å². The van der Waals surface area contributed by atoms with Gasteiger partial charge >= 0.3 is 0 Å². The zero-order valence-corrected chi connectivity index (χ0v) is 12.8. The van der Waals surface area contributed by atoms with Crippen molar-refractivity contribution in [1.82, 2.24) is 5.32 Å². The van der Waals surface area contributed by atoms with Gasteiger partial charge in [0.1, 0.15) is 5.82 Å². The SMILES string of the molecule is COc1ccc([C@@H](C)NC(=O)/C=C/c2ccccc2F)cc1F. The molecule has 0 aromatic heterocycles.